The van der Waals surface area contributed by atoms with Crippen molar-refractivity contribution in [1.82, 2.24) is 10.2 Å². The molecule has 1 heterocycles. The van der Waals surface area contributed by atoms with Crippen molar-refractivity contribution >= 4 is 17.7 Å². The average molecular weight is 437 g/mol. The minimum absolute atomic E-state index is 0.000673. The van der Waals surface area contributed by atoms with Gasteiger partial charge in [0.25, 0.3) is 5.69 Å². The van der Waals surface area contributed by atoms with E-state index in [0.29, 0.717) is 12.8 Å². The maximum Gasteiger partial charge on any atom is 0.409 e. The number of nitro benzene ring substituents is 1. The van der Waals surface area contributed by atoms with E-state index in [1.807, 2.05) is 13.8 Å². The number of likely N-dealkylation sites (tertiary alicyclic amines) is 1. The molecule has 2 rings (SSSR count). The zero-order valence-corrected chi connectivity index (χ0v) is 18.7. The summed E-state index contributed by atoms with van der Waals surface area (Å²) in [5.74, 6) is 0.490. The molecule has 10 heteroatoms. The summed E-state index contributed by atoms with van der Waals surface area (Å²) in [6, 6.07) is 2.66. The zero-order chi connectivity index (χ0) is 23.1. The monoisotopic (exact) mass is 437 g/mol. The Hall–Kier alpha value is -3.04. The van der Waals surface area contributed by atoms with Gasteiger partial charge >= 0.3 is 6.09 Å². The van der Waals surface area contributed by atoms with Crippen LogP contribution in [0.25, 0.3) is 0 Å². The molecule has 3 unspecified atom stereocenters. The molecule has 172 valence electrons. The Bertz CT molecular complexity index is 814. The number of nitrogens with zero attached hydrogens (tertiary/aromatic N) is 2. The topological polar surface area (TPSA) is 120 Å². The predicted octanol–water partition coefficient (Wildman–Crippen LogP) is 3.93. The summed E-state index contributed by atoms with van der Waals surface area (Å²) < 4.78 is 15.8. The molecule has 1 fully saturated rings. The van der Waals surface area contributed by atoms with Crippen molar-refractivity contribution in [2.45, 2.75) is 71.2 Å². The van der Waals surface area contributed by atoms with Crippen LogP contribution in [-0.2, 0) is 9.53 Å². The molecule has 1 aromatic rings. The number of carbonyl (C=O) groups is 2. The number of ether oxygens (including phenoxy) is 3. The van der Waals surface area contributed by atoms with Crippen LogP contribution in [0.3, 0.4) is 0 Å². The molecule has 1 saturated heterocycles. The maximum absolute atomic E-state index is 12.6. The summed E-state index contributed by atoms with van der Waals surface area (Å²) in [5, 5.41) is 14.3. The standard InChI is InChI=1S/C21H31N3O7/c1-6-19(23-13(2)9-7-8-10-20(23)25)22-21(26)31-14(3)15-11-17(29-4)18(30-5)12-16(15)24(27)28/h11-14,19H,6-10H2,1-5H3,(H,22,26). The van der Waals surface area contributed by atoms with Crippen molar-refractivity contribution in [3.63, 3.8) is 0 Å². The van der Waals surface area contributed by atoms with Crippen LogP contribution in [-0.4, -0.2) is 48.3 Å². The first kappa shape index (κ1) is 24.2. The van der Waals surface area contributed by atoms with Gasteiger partial charge in [-0.25, -0.2) is 4.79 Å². The molecule has 0 aromatic heterocycles. The van der Waals surface area contributed by atoms with Gasteiger partial charge in [-0.2, -0.15) is 0 Å². The number of nitro groups is 1. The fourth-order valence-corrected chi connectivity index (χ4v) is 3.84. The lowest BCUT2D eigenvalue weighted by Crippen LogP contribution is -2.53. The van der Waals surface area contributed by atoms with Crippen molar-refractivity contribution < 1.29 is 28.7 Å². The van der Waals surface area contributed by atoms with Gasteiger partial charge in [-0.15, -0.1) is 0 Å². The van der Waals surface area contributed by atoms with Gasteiger partial charge in [0.05, 0.1) is 30.8 Å². The first-order valence-corrected chi connectivity index (χ1v) is 10.4. The van der Waals surface area contributed by atoms with Gasteiger partial charge in [-0.3, -0.25) is 14.9 Å². The predicted molar refractivity (Wildman–Crippen MR) is 113 cm³/mol. The zero-order valence-electron chi connectivity index (χ0n) is 18.7. The van der Waals surface area contributed by atoms with Gasteiger partial charge in [0, 0.05) is 12.5 Å². The SMILES string of the molecule is CCC(NC(=O)OC(C)c1cc(OC)c(OC)cc1[N+](=O)[O-])N1C(=O)CCCCC1C. The van der Waals surface area contributed by atoms with Crippen LogP contribution in [0.2, 0.25) is 0 Å². The van der Waals surface area contributed by atoms with Gasteiger partial charge < -0.3 is 24.4 Å². The van der Waals surface area contributed by atoms with Gasteiger partial charge in [-0.05, 0) is 39.2 Å². The van der Waals surface area contributed by atoms with Crippen molar-refractivity contribution in [3.05, 3.63) is 27.8 Å². The normalized spacial score (nSPS) is 18.5. The van der Waals surface area contributed by atoms with Crippen LogP contribution in [0, 0.1) is 10.1 Å². The lowest BCUT2D eigenvalue weighted by molar-refractivity contribution is -0.386. The van der Waals surface area contributed by atoms with Gasteiger partial charge in [0.2, 0.25) is 5.91 Å². The van der Waals surface area contributed by atoms with Crippen molar-refractivity contribution in [2.75, 3.05) is 14.2 Å². The number of hydrogen-bond donors (Lipinski definition) is 1. The Morgan fingerprint density at radius 3 is 2.52 bits per heavy atom. The van der Waals surface area contributed by atoms with Crippen LogP contribution in [0.4, 0.5) is 10.5 Å². The lowest BCUT2D eigenvalue weighted by Gasteiger charge is -2.35. The van der Waals surface area contributed by atoms with E-state index in [9.17, 15) is 19.7 Å². The summed E-state index contributed by atoms with van der Waals surface area (Å²) in [6.45, 7) is 5.38. The van der Waals surface area contributed by atoms with E-state index in [2.05, 4.69) is 5.32 Å². The summed E-state index contributed by atoms with van der Waals surface area (Å²) in [7, 11) is 2.79. The third kappa shape index (κ3) is 5.77. The van der Waals surface area contributed by atoms with E-state index in [4.69, 9.17) is 14.2 Å². The number of carbonyl (C=O) groups excluding carboxylic acids is 2. The Balaban J connectivity index is 2.19. The Morgan fingerprint density at radius 1 is 1.29 bits per heavy atom. The van der Waals surface area contributed by atoms with Crippen LogP contribution in [0.5, 0.6) is 11.5 Å². The van der Waals surface area contributed by atoms with E-state index in [0.717, 1.165) is 19.3 Å². The minimum atomic E-state index is -0.935. The fraction of sp³-hybridized carbons (Fsp3) is 0.619. The van der Waals surface area contributed by atoms with E-state index >= 15 is 0 Å². The lowest BCUT2D eigenvalue weighted by atomic mass is 10.1. The Kier molecular flexibility index (Phi) is 8.47. The van der Waals surface area contributed by atoms with Crippen LogP contribution in [0.15, 0.2) is 12.1 Å². The number of amides is 2. The number of hydrogen-bond acceptors (Lipinski definition) is 7. The second-order valence-corrected chi connectivity index (χ2v) is 7.53. The molecule has 0 radical (unpaired) electrons. The number of methoxy groups -OCH3 is 2. The number of benzene rings is 1. The van der Waals surface area contributed by atoms with E-state index < -0.39 is 23.3 Å². The van der Waals surface area contributed by atoms with Crippen LogP contribution >= 0.6 is 0 Å². The Morgan fingerprint density at radius 2 is 1.94 bits per heavy atom. The third-order valence-corrected chi connectivity index (χ3v) is 5.48. The Labute approximate surface area is 182 Å². The quantitative estimate of drug-likeness (QED) is 0.483. The van der Waals surface area contributed by atoms with Crippen molar-refractivity contribution in [2.24, 2.45) is 0 Å². The summed E-state index contributed by atoms with van der Waals surface area (Å²) in [6.07, 6.45) is 1.42. The highest BCUT2D eigenvalue weighted by atomic mass is 16.6. The second-order valence-electron chi connectivity index (χ2n) is 7.53. The summed E-state index contributed by atoms with van der Waals surface area (Å²) >= 11 is 0. The molecule has 1 N–H and O–H groups in total. The van der Waals surface area contributed by atoms with Gasteiger partial charge in [0.1, 0.15) is 12.3 Å². The molecule has 10 nitrogen and oxygen atoms in total. The highest BCUT2D eigenvalue weighted by molar-refractivity contribution is 5.78. The molecule has 1 aliphatic rings. The summed E-state index contributed by atoms with van der Waals surface area (Å²) in [4.78, 5) is 37.8. The van der Waals surface area contributed by atoms with Crippen LogP contribution < -0.4 is 14.8 Å². The number of rotatable bonds is 8. The third-order valence-electron chi connectivity index (χ3n) is 5.48. The minimum Gasteiger partial charge on any atom is -0.493 e. The molecule has 31 heavy (non-hydrogen) atoms. The van der Waals surface area contributed by atoms with Crippen molar-refractivity contribution in [1.29, 1.82) is 0 Å². The van der Waals surface area contributed by atoms with E-state index in [1.54, 1.807) is 4.90 Å². The molecule has 0 spiro atoms. The summed E-state index contributed by atoms with van der Waals surface area (Å²) in [5.41, 5.74) is -0.0774. The first-order valence-electron chi connectivity index (χ1n) is 10.4. The largest absolute Gasteiger partial charge is 0.493 e. The molecule has 1 aliphatic heterocycles. The molecule has 3 atom stereocenters. The van der Waals surface area contributed by atoms with E-state index in [-0.39, 0.29) is 34.7 Å². The van der Waals surface area contributed by atoms with E-state index in [1.165, 1.54) is 33.3 Å². The molecule has 0 bridgehead atoms. The molecule has 0 aliphatic carbocycles. The number of alkyl carbamates (subject to hydrolysis) is 1. The highest BCUT2D eigenvalue weighted by Crippen LogP contribution is 2.38. The second kappa shape index (κ2) is 10.8. The maximum atomic E-state index is 12.6. The van der Waals surface area contributed by atoms with Gasteiger partial charge in [0.15, 0.2) is 11.5 Å². The highest BCUT2D eigenvalue weighted by Gasteiger charge is 2.31. The average Bonchev–Trinajstić information content (AvgIpc) is 2.90. The fourth-order valence-electron chi connectivity index (χ4n) is 3.84. The molecule has 0 saturated carbocycles. The smallest absolute Gasteiger partial charge is 0.409 e. The molecule has 2 amide bonds. The first-order chi connectivity index (χ1) is 14.7. The number of nitrogens with one attached hydrogen (secondary N) is 1. The van der Waals surface area contributed by atoms with Crippen LogP contribution in [0.1, 0.15) is 64.5 Å². The molecule has 1 aromatic carbocycles. The van der Waals surface area contributed by atoms with Gasteiger partial charge in [-0.1, -0.05) is 13.3 Å². The molecular formula is C21H31N3O7. The van der Waals surface area contributed by atoms with Crippen molar-refractivity contribution in [3.8, 4) is 11.5 Å². The molecular weight excluding hydrogens is 406 g/mol.